The molecule has 3 aromatic heterocycles. The molecule has 0 spiro atoms. The molecule has 3 rings (SSSR count). The highest BCUT2D eigenvalue weighted by Crippen LogP contribution is 2.33. The smallest absolute Gasteiger partial charge is 0.373 e. The number of halogens is 3. The number of hydrogen-bond donors (Lipinski definition) is 1. The lowest BCUT2D eigenvalue weighted by Gasteiger charge is -2.10. The largest absolute Gasteiger partial charge is 0.417 e. The number of sulfone groups is 1. The molecule has 0 aliphatic rings. The van der Waals surface area contributed by atoms with E-state index in [-0.39, 0.29) is 33.3 Å². The minimum Gasteiger partial charge on any atom is -0.373 e. The van der Waals surface area contributed by atoms with Gasteiger partial charge < -0.3 is 9.88 Å². The van der Waals surface area contributed by atoms with Crippen molar-refractivity contribution in [2.45, 2.75) is 18.0 Å². The predicted molar refractivity (Wildman–Crippen MR) is 94.0 cm³/mol. The molecule has 11 heteroatoms. The second kappa shape index (κ2) is 6.48. The molecule has 0 saturated heterocycles. The van der Waals surface area contributed by atoms with E-state index in [9.17, 15) is 21.6 Å². The van der Waals surface area contributed by atoms with Crippen LogP contribution in [0.3, 0.4) is 0 Å². The Kier molecular flexibility index (Phi) is 4.58. The summed E-state index contributed by atoms with van der Waals surface area (Å²) in [6.45, 7) is 1.50. The zero-order chi connectivity index (χ0) is 20.0. The van der Waals surface area contributed by atoms with Gasteiger partial charge in [0.1, 0.15) is 17.0 Å². The molecule has 0 bridgehead atoms. The van der Waals surface area contributed by atoms with Crippen LogP contribution in [0.4, 0.5) is 19.0 Å². The van der Waals surface area contributed by atoms with Crippen molar-refractivity contribution in [3.63, 3.8) is 0 Å². The zero-order valence-electron chi connectivity index (χ0n) is 14.7. The van der Waals surface area contributed by atoms with E-state index in [1.165, 1.54) is 23.6 Å². The normalized spacial score (nSPS) is 12.5. The minimum atomic E-state index is -4.56. The summed E-state index contributed by atoms with van der Waals surface area (Å²) >= 11 is 0. The summed E-state index contributed by atoms with van der Waals surface area (Å²) in [6, 6.07) is 3.79. The Morgan fingerprint density at radius 3 is 2.52 bits per heavy atom. The van der Waals surface area contributed by atoms with Gasteiger partial charge in [-0.05, 0) is 18.2 Å². The van der Waals surface area contributed by atoms with Gasteiger partial charge in [-0.2, -0.15) is 13.2 Å². The first-order valence-corrected chi connectivity index (χ1v) is 9.55. The van der Waals surface area contributed by atoms with Gasteiger partial charge in [-0.25, -0.2) is 23.4 Å². The van der Waals surface area contributed by atoms with Crippen LogP contribution in [-0.4, -0.2) is 40.7 Å². The standard InChI is InChI=1S/C16H16F3N5O2S/c1-4-27(25,26)11-5-6-12(20-2)23-13(11)15-22-10-7-9(16(17,18)19)8-21-14(10)24(15)3/h5-8H,4H2,1-3H3,(H,20,23). The third-order valence-corrected chi connectivity index (χ3v) is 5.84. The number of rotatable bonds is 4. The van der Waals surface area contributed by atoms with Crippen LogP contribution >= 0.6 is 0 Å². The second-order valence-electron chi connectivity index (χ2n) is 5.76. The van der Waals surface area contributed by atoms with E-state index in [0.29, 0.717) is 5.82 Å². The predicted octanol–water partition coefficient (Wildman–Crippen LogP) is 2.88. The maximum Gasteiger partial charge on any atom is 0.417 e. The number of anilines is 1. The molecule has 0 amide bonds. The monoisotopic (exact) mass is 399 g/mol. The molecule has 0 unspecified atom stereocenters. The molecule has 1 N–H and O–H groups in total. The fourth-order valence-corrected chi connectivity index (χ4v) is 3.61. The molecule has 3 aromatic rings. The number of alkyl halides is 3. The Balaban J connectivity index is 2.30. The van der Waals surface area contributed by atoms with Gasteiger partial charge in [0.25, 0.3) is 0 Å². The van der Waals surface area contributed by atoms with E-state index in [0.717, 1.165) is 12.3 Å². The average Bonchev–Trinajstić information content (AvgIpc) is 2.96. The number of nitrogens with zero attached hydrogens (tertiary/aromatic N) is 4. The van der Waals surface area contributed by atoms with Crippen LogP contribution in [0.1, 0.15) is 12.5 Å². The lowest BCUT2D eigenvalue weighted by molar-refractivity contribution is -0.137. The number of nitrogens with one attached hydrogen (secondary N) is 1. The number of pyridine rings is 2. The van der Waals surface area contributed by atoms with Crippen molar-refractivity contribution < 1.29 is 21.6 Å². The molecule has 7 nitrogen and oxygen atoms in total. The van der Waals surface area contributed by atoms with Gasteiger partial charge in [-0.15, -0.1) is 0 Å². The Morgan fingerprint density at radius 2 is 1.93 bits per heavy atom. The molecule has 0 aliphatic carbocycles. The molecule has 0 radical (unpaired) electrons. The summed E-state index contributed by atoms with van der Waals surface area (Å²) in [4.78, 5) is 12.3. The van der Waals surface area contributed by atoms with E-state index in [2.05, 4.69) is 20.3 Å². The third-order valence-electron chi connectivity index (χ3n) is 4.08. The fraction of sp³-hybridized carbons (Fsp3) is 0.312. The van der Waals surface area contributed by atoms with Gasteiger partial charge in [0.15, 0.2) is 21.3 Å². The van der Waals surface area contributed by atoms with Crippen molar-refractivity contribution >= 4 is 26.8 Å². The van der Waals surface area contributed by atoms with Gasteiger partial charge in [0.05, 0.1) is 16.2 Å². The average molecular weight is 399 g/mol. The zero-order valence-corrected chi connectivity index (χ0v) is 15.5. The van der Waals surface area contributed by atoms with E-state index < -0.39 is 21.6 Å². The first-order chi connectivity index (χ1) is 12.6. The van der Waals surface area contributed by atoms with Gasteiger partial charge in [-0.3, -0.25) is 0 Å². The molecule has 27 heavy (non-hydrogen) atoms. The third kappa shape index (κ3) is 3.34. The van der Waals surface area contributed by atoms with Gasteiger partial charge in [-0.1, -0.05) is 6.92 Å². The summed E-state index contributed by atoms with van der Waals surface area (Å²) in [5, 5.41) is 2.81. The van der Waals surface area contributed by atoms with E-state index in [4.69, 9.17) is 0 Å². The molecular weight excluding hydrogens is 383 g/mol. The highest BCUT2D eigenvalue weighted by Gasteiger charge is 2.32. The fourth-order valence-electron chi connectivity index (χ4n) is 2.60. The lowest BCUT2D eigenvalue weighted by atomic mass is 10.2. The van der Waals surface area contributed by atoms with Gasteiger partial charge >= 0.3 is 6.18 Å². The quantitative estimate of drug-likeness (QED) is 0.726. The highest BCUT2D eigenvalue weighted by molar-refractivity contribution is 7.91. The molecular formula is C16H16F3N5O2S. The van der Waals surface area contributed by atoms with E-state index >= 15 is 0 Å². The van der Waals surface area contributed by atoms with Crippen molar-refractivity contribution in [1.29, 1.82) is 0 Å². The van der Waals surface area contributed by atoms with Crippen molar-refractivity contribution in [3.8, 4) is 11.5 Å². The molecule has 0 aromatic carbocycles. The lowest BCUT2D eigenvalue weighted by Crippen LogP contribution is -2.09. The van der Waals surface area contributed by atoms with Crippen molar-refractivity contribution in [1.82, 2.24) is 19.5 Å². The van der Waals surface area contributed by atoms with Crippen molar-refractivity contribution in [3.05, 3.63) is 30.0 Å². The maximum absolute atomic E-state index is 12.9. The van der Waals surface area contributed by atoms with E-state index in [1.807, 2.05) is 0 Å². The van der Waals surface area contributed by atoms with Crippen LogP contribution in [0.2, 0.25) is 0 Å². The van der Waals surface area contributed by atoms with Crippen LogP contribution in [-0.2, 0) is 23.1 Å². The number of hydrogen-bond acceptors (Lipinski definition) is 6. The van der Waals surface area contributed by atoms with Crippen LogP contribution in [0, 0.1) is 0 Å². The summed E-state index contributed by atoms with van der Waals surface area (Å²) in [5.41, 5.74) is -0.691. The minimum absolute atomic E-state index is 0.00108. The summed E-state index contributed by atoms with van der Waals surface area (Å²) in [6.07, 6.45) is -3.84. The SMILES string of the molecule is CCS(=O)(=O)c1ccc(NC)nc1-c1nc2cc(C(F)(F)F)cnc2n1C. The number of imidazole rings is 1. The Hall–Kier alpha value is -2.69. The Labute approximate surface area is 153 Å². The van der Waals surface area contributed by atoms with Crippen LogP contribution in [0.5, 0.6) is 0 Å². The van der Waals surface area contributed by atoms with Gasteiger partial charge in [0, 0.05) is 20.3 Å². The van der Waals surface area contributed by atoms with E-state index in [1.54, 1.807) is 14.1 Å². The summed E-state index contributed by atoms with van der Waals surface area (Å²) in [5.74, 6) is 0.359. The Bertz CT molecular complexity index is 1120. The molecule has 0 aliphatic heterocycles. The summed E-state index contributed by atoms with van der Waals surface area (Å²) in [7, 11) is -0.472. The molecule has 3 heterocycles. The maximum atomic E-state index is 12.9. The van der Waals surface area contributed by atoms with Crippen LogP contribution in [0.15, 0.2) is 29.3 Å². The topological polar surface area (TPSA) is 89.8 Å². The molecule has 0 fully saturated rings. The van der Waals surface area contributed by atoms with Crippen LogP contribution < -0.4 is 5.32 Å². The van der Waals surface area contributed by atoms with Crippen LogP contribution in [0.25, 0.3) is 22.7 Å². The number of aromatic nitrogens is 4. The van der Waals surface area contributed by atoms with Crippen molar-refractivity contribution in [2.75, 3.05) is 18.1 Å². The number of aryl methyl sites for hydroxylation is 1. The molecule has 144 valence electrons. The first kappa shape index (κ1) is 19.1. The van der Waals surface area contributed by atoms with Gasteiger partial charge in [0.2, 0.25) is 0 Å². The highest BCUT2D eigenvalue weighted by atomic mass is 32.2. The molecule has 0 saturated carbocycles. The summed E-state index contributed by atoms with van der Waals surface area (Å²) < 4.78 is 65.1. The number of fused-ring (bicyclic) bond motifs is 1. The Morgan fingerprint density at radius 1 is 1.22 bits per heavy atom. The van der Waals surface area contributed by atoms with Crippen molar-refractivity contribution in [2.24, 2.45) is 7.05 Å². The molecule has 0 atom stereocenters. The first-order valence-electron chi connectivity index (χ1n) is 7.90. The second-order valence-corrected chi connectivity index (χ2v) is 8.00.